The second kappa shape index (κ2) is 10.8. The molecule has 0 spiro atoms. The van der Waals surface area contributed by atoms with E-state index in [9.17, 15) is 18.4 Å². The average molecular weight is 513 g/mol. The molecular weight excluding hydrogens is 478 g/mol. The molecule has 0 unspecified atom stereocenters. The van der Waals surface area contributed by atoms with E-state index in [4.69, 9.17) is 9.98 Å². The normalized spacial score (nSPS) is 21.6. The number of ketones is 1. The van der Waals surface area contributed by atoms with E-state index in [2.05, 4.69) is 16.4 Å². The average Bonchev–Trinajstić information content (AvgIpc) is 3.39. The van der Waals surface area contributed by atoms with Crippen LogP contribution in [0.4, 0.5) is 14.7 Å². The van der Waals surface area contributed by atoms with Crippen molar-refractivity contribution in [3.63, 3.8) is 0 Å². The van der Waals surface area contributed by atoms with Crippen LogP contribution in [0, 0.1) is 18.8 Å². The minimum atomic E-state index is -2.28. The predicted octanol–water partition coefficient (Wildman–Crippen LogP) is 4.39. The number of hydrogen-bond donors (Lipinski definition) is 1. The molecule has 1 N–H and O–H groups in total. The Labute approximate surface area is 214 Å². The zero-order valence-corrected chi connectivity index (χ0v) is 21.4. The lowest BCUT2D eigenvalue weighted by atomic mass is 9.83. The van der Waals surface area contributed by atoms with Crippen LogP contribution < -0.4 is 10.9 Å². The number of fused-ring (bicyclic) bond motifs is 1. The fourth-order valence-corrected chi connectivity index (χ4v) is 6.10. The lowest BCUT2D eigenvalue weighted by Crippen LogP contribution is -2.39. The van der Waals surface area contributed by atoms with E-state index in [0.717, 1.165) is 38.5 Å². The molecule has 0 aromatic carbocycles. The van der Waals surface area contributed by atoms with Gasteiger partial charge in [0.1, 0.15) is 11.5 Å². The highest BCUT2D eigenvalue weighted by Gasteiger charge is 2.28. The van der Waals surface area contributed by atoms with Crippen LogP contribution in [0.5, 0.6) is 0 Å². The quantitative estimate of drug-likeness (QED) is 0.577. The van der Waals surface area contributed by atoms with E-state index in [0.29, 0.717) is 53.9 Å². The molecule has 0 bridgehead atoms. The molecule has 1 atom stereocenters. The smallest absolute Gasteiger partial charge is 0.263 e. The van der Waals surface area contributed by atoms with Crippen LogP contribution in [0.3, 0.4) is 0 Å². The first-order valence-electron chi connectivity index (χ1n) is 13.2. The molecular formula is C27H34F2N6O2. The molecule has 2 fully saturated rings. The Morgan fingerprint density at radius 3 is 2.54 bits per heavy atom. The van der Waals surface area contributed by atoms with Gasteiger partial charge in [-0.3, -0.25) is 24.0 Å². The number of likely N-dealkylation sites (tertiary alicyclic amines) is 1. The van der Waals surface area contributed by atoms with Gasteiger partial charge in [-0.05, 0) is 76.1 Å². The number of pyridine rings is 1. The van der Waals surface area contributed by atoms with Crippen molar-refractivity contribution in [2.75, 3.05) is 31.5 Å². The number of Topliss-reactive ketones (excluding diaryl/α,β-unsaturated/α-hetero) is 1. The Balaban J connectivity index is 1.33. The lowest BCUT2D eigenvalue weighted by Gasteiger charge is -2.35. The molecule has 198 valence electrons. The number of carbonyl (C=O) groups excluding carboxylic acids is 1. The van der Waals surface area contributed by atoms with Crippen LogP contribution >= 0.6 is 0 Å². The topological polar surface area (TPSA) is 92.5 Å². The van der Waals surface area contributed by atoms with Crippen molar-refractivity contribution < 1.29 is 13.6 Å². The van der Waals surface area contributed by atoms with Gasteiger partial charge in [-0.15, -0.1) is 0 Å². The van der Waals surface area contributed by atoms with Crippen molar-refractivity contribution in [3.05, 3.63) is 39.8 Å². The lowest BCUT2D eigenvalue weighted by molar-refractivity contribution is 0.0644. The van der Waals surface area contributed by atoms with Crippen molar-refractivity contribution >= 4 is 28.6 Å². The number of piperidine rings is 1. The summed E-state index contributed by atoms with van der Waals surface area (Å²) in [5, 5.41) is 3.90. The number of aliphatic imine (C=N–C) groups is 1. The molecule has 1 aliphatic carbocycles. The largest absolute Gasteiger partial charge is 0.309 e. The molecule has 37 heavy (non-hydrogen) atoms. The number of nitrogens with zero attached hydrogens (tertiary/aromatic N) is 5. The van der Waals surface area contributed by atoms with Crippen LogP contribution in [0.15, 0.2) is 28.1 Å². The highest BCUT2D eigenvalue weighted by Crippen LogP contribution is 2.32. The summed E-state index contributed by atoms with van der Waals surface area (Å²) < 4.78 is 27.0. The number of dihydropyridines is 1. The molecule has 0 amide bonds. The Kier molecular flexibility index (Phi) is 7.46. The van der Waals surface area contributed by atoms with Gasteiger partial charge < -0.3 is 5.32 Å². The van der Waals surface area contributed by atoms with Gasteiger partial charge in [0.15, 0.2) is 5.78 Å². The summed E-state index contributed by atoms with van der Waals surface area (Å²) in [5.74, 6) is 1.49. The molecule has 4 heterocycles. The minimum absolute atomic E-state index is 0.0243. The van der Waals surface area contributed by atoms with E-state index in [-0.39, 0.29) is 35.4 Å². The first-order chi connectivity index (χ1) is 17.8. The summed E-state index contributed by atoms with van der Waals surface area (Å²) in [6, 6.07) is 0.0243. The molecule has 10 heteroatoms. The molecule has 1 saturated heterocycles. The van der Waals surface area contributed by atoms with Gasteiger partial charge in [-0.1, -0.05) is 18.9 Å². The van der Waals surface area contributed by atoms with Crippen LogP contribution in [0.2, 0.25) is 0 Å². The van der Waals surface area contributed by atoms with Gasteiger partial charge in [-0.2, -0.15) is 4.98 Å². The van der Waals surface area contributed by atoms with Crippen molar-refractivity contribution in [2.24, 2.45) is 16.8 Å². The van der Waals surface area contributed by atoms with Gasteiger partial charge in [0.05, 0.1) is 12.1 Å². The van der Waals surface area contributed by atoms with Gasteiger partial charge in [0.25, 0.3) is 12.0 Å². The third-order valence-corrected chi connectivity index (χ3v) is 8.10. The van der Waals surface area contributed by atoms with Gasteiger partial charge in [0, 0.05) is 24.2 Å². The summed E-state index contributed by atoms with van der Waals surface area (Å²) in [6.45, 7) is 5.09. The Morgan fingerprint density at radius 2 is 1.92 bits per heavy atom. The molecule has 5 rings (SSSR count). The van der Waals surface area contributed by atoms with E-state index in [1.807, 2.05) is 11.0 Å². The SMILES string of the molecule is CC(=O)c1c(C)c2cnc(NC3=NC[C@@H](C4CCN(CC(F)F)CC4)C=C3)nc2n(C2CCCC2)c1=O. The third kappa shape index (κ3) is 5.35. The molecule has 0 radical (unpaired) electrons. The summed E-state index contributed by atoms with van der Waals surface area (Å²) in [6.07, 6.45) is 9.14. The maximum Gasteiger partial charge on any atom is 0.263 e. The number of alkyl halides is 2. The molecule has 3 aliphatic rings. The number of hydrogen-bond acceptors (Lipinski definition) is 7. The van der Waals surface area contributed by atoms with Crippen LogP contribution in [0.25, 0.3) is 11.0 Å². The number of carbonyl (C=O) groups is 1. The van der Waals surface area contributed by atoms with Gasteiger partial charge in [0.2, 0.25) is 5.95 Å². The highest BCUT2D eigenvalue weighted by atomic mass is 19.3. The fourth-order valence-electron chi connectivity index (χ4n) is 6.10. The second-order valence-corrected chi connectivity index (χ2v) is 10.5. The van der Waals surface area contributed by atoms with E-state index in [1.54, 1.807) is 17.7 Å². The third-order valence-electron chi connectivity index (χ3n) is 8.10. The number of amidine groups is 1. The predicted molar refractivity (Wildman–Crippen MR) is 140 cm³/mol. The molecule has 8 nitrogen and oxygen atoms in total. The maximum absolute atomic E-state index is 13.4. The number of anilines is 1. The van der Waals surface area contributed by atoms with Gasteiger partial charge >= 0.3 is 0 Å². The zero-order valence-electron chi connectivity index (χ0n) is 21.4. The Hall–Kier alpha value is -3.01. The van der Waals surface area contributed by atoms with Crippen molar-refractivity contribution in [1.29, 1.82) is 0 Å². The zero-order chi connectivity index (χ0) is 26.1. The molecule has 2 aliphatic heterocycles. The first-order valence-corrected chi connectivity index (χ1v) is 13.2. The standard InChI is InChI=1S/C27H34F2N6O2/c1-16-21-14-31-27(33-25(21)35(20-5-3-4-6-20)26(37)24(16)17(2)36)32-23-8-7-19(13-30-23)18-9-11-34(12-10-18)15-22(28)29/h7-8,14,18-20,22H,3-6,9-13,15H2,1-2H3,(H,30,31,32,33)/t19-/m0/s1. The van der Waals surface area contributed by atoms with Crippen LogP contribution in [0.1, 0.15) is 67.4 Å². The Morgan fingerprint density at radius 1 is 1.19 bits per heavy atom. The second-order valence-electron chi connectivity index (χ2n) is 10.5. The monoisotopic (exact) mass is 512 g/mol. The fraction of sp³-hybridized carbons (Fsp3) is 0.593. The number of aromatic nitrogens is 3. The summed E-state index contributed by atoms with van der Waals surface area (Å²) in [5.41, 5.74) is 1.11. The van der Waals surface area contributed by atoms with Gasteiger partial charge in [-0.25, -0.2) is 13.8 Å². The van der Waals surface area contributed by atoms with Crippen molar-refractivity contribution in [3.8, 4) is 0 Å². The first kappa shape index (κ1) is 25.6. The van der Waals surface area contributed by atoms with Crippen LogP contribution in [-0.4, -0.2) is 63.7 Å². The van der Waals surface area contributed by atoms with Crippen molar-refractivity contribution in [1.82, 2.24) is 19.4 Å². The number of halogens is 2. The molecule has 1 saturated carbocycles. The summed E-state index contributed by atoms with van der Waals surface area (Å²) in [4.78, 5) is 41.4. The number of nitrogens with one attached hydrogen (secondary N) is 1. The molecule has 2 aromatic heterocycles. The van der Waals surface area contributed by atoms with E-state index >= 15 is 0 Å². The van der Waals surface area contributed by atoms with E-state index < -0.39 is 6.43 Å². The van der Waals surface area contributed by atoms with Crippen LogP contribution in [-0.2, 0) is 0 Å². The Bertz CT molecular complexity index is 1290. The maximum atomic E-state index is 13.4. The highest BCUT2D eigenvalue weighted by molar-refractivity contribution is 6.04. The summed E-state index contributed by atoms with van der Waals surface area (Å²) >= 11 is 0. The molecule has 2 aromatic rings. The van der Waals surface area contributed by atoms with Crippen molar-refractivity contribution in [2.45, 2.75) is 64.8 Å². The number of rotatable bonds is 6. The van der Waals surface area contributed by atoms with E-state index in [1.165, 1.54) is 6.92 Å². The minimum Gasteiger partial charge on any atom is -0.309 e. The summed E-state index contributed by atoms with van der Waals surface area (Å²) in [7, 11) is 0. The number of aryl methyl sites for hydroxylation is 1.